The Labute approximate surface area is 104 Å². The van der Waals surface area contributed by atoms with Crippen LogP contribution in [0.5, 0.6) is 0 Å². The first-order valence-corrected chi connectivity index (χ1v) is 6.12. The van der Waals surface area contributed by atoms with E-state index in [4.69, 9.17) is 23.2 Å². The van der Waals surface area contributed by atoms with Gasteiger partial charge >= 0.3 is 0 Å². The molecule has 2 heterocycles. The number of amides is 1. The van der Waals surface area contributed by atoms with Crippen LogP contribution in [0.1, 0.15) is 18.9 Å². The van der Waals surface area contributed by atoms with Gasteiger partial charge in [0, 0.05) is 25.5 Å². The highest BCUT2D eigenvalue weighted by Crippen LogP contribution is 2.22. The van der Waals surface area contributed by atoms with Crippen LogP contribution in [0.2, 0.25) is 0 Å². The molecule has 1 aliphatic heterocycles. The molecular formula is C10H13Cl2N3O. The Kier molecular flexibility index (Phi) is 3.71. The lowest BCUT2D eigenvalue weighted by Gasteiger charge is -2.32. The van der Waals surface area contributed by atoms with Gasteiger partial charge in [0.15, 0.2) is 4.84 Å². The van der Waals surface area contributed by atoms with Crippen molar-refractivity contribution in [2.75, 3.05) is 13.1 Å². The number of rotatable bonds is 2. The fourth-order valence-electron chi connectivity index (χ4n) is 1.99. The molecule has 1 aromatic heterocycles. The summed E-state index contributed by atoms with van der Waals surface area (Å²) < 4.78 is 1.95. The molecular weight excluding hydrogens is 249 g/mol. The Morgan fingerprint density at radius 2 is 2.06 bits per heavy atom. The van der Waals surface area contributed by atoms with Gasteiger partial charge in [-0.1, -0.05) is 23.2 Å². The number of alkyl halides is 2. The van der Waals surface area contributed by atoms with Crippen molar-refractivity contribution in [2.24, 2.45) is 0 Å². The quantitative estimate of drug-likeness (QED) is 0.763. The largest absolute Gasteiger partial charge is 0.340 e. The molecule has 0 aliphatic carbocycles. The van der Waals surface area contributed by atoms with Gasteiger partial charge in [-0.25, -0.2) is 0 Å². The molecule has 0 unspecified atom stereocenters. The fourth-order valence-corrected chi connectivity index (χ4v) is 2.26. The molecule has 16 heavy (non-hydrogen) atoms. The fraction of sp³-hybridized carbons (Fsp3) is 0.600. The highest BCUT2D eigenvalue weighted by molar-refractivity contribution is 6.53. The van der Waals surface area contributed by atoms with Crippen molar-refractivity contribution in [3.8, 4) is 0 Å². The van der Waals surface area contributed by atoms with E-state index in [2.05, 4.69) is 5.10 Å². The van der Waals surface area contributed by atoms with E-state index in [1.807, 2.05) is 16.9 Å². The molecule has 0 bridgehead atoms. The topological polar surface area (TPSA) is 38.1 Å². The molecule has 1 saturated heterocycles. The zero-order valence-electron chi connectivity index (χ0n) is 8.72. The van der Waals surface area contributed by atoms with E-state index in [0.29, 0.717) is 19.1 Å². The summed E-state index contributed by atoms with van der Waals surface area (Å²) in [6.07, 6.45) is 5.51. The van der Waals surface area contributed by atoms with Gasteiger partial charge in [-0.15, -0.1) is 0 Å². The van der Waals surface area contributed by atoms with Gasteiger partial charge in [-0.05, 0) is 18.9 Å². The molecule has 0 spiro atoms. The third-order valence-corrected chi connectivity index (χ3v) is 3.24. The first kappa shape index (κ1) is 11.7. The van der Waals surface area contributed by atoms with Crippen molar-refractivity contribution >= 4 is 29.1 Å². The van der Waals surface area contributed by atoms with Crippen molar-refractivity contribution in [3.05, 3.63) is 18.5 Å². The van der Waals surface area contributed by atoms with Gasteiger partial charge in [-0.2, -0.15) is 5.10 Å². The van der Waals surface area contributed by atoms with Gasteiger partial charge < -0.3 is 4.90 Å². The van der Waals surface area contributed by atoms with Crippen molar-refractivity contribution in [2.45, 2.75) is 23.7 Å². The third kappa shape index (κ3) is 2.50. The van der Waals surface area contributed by atoms with Crippen molar-refractivity contribution in [1.82, 2.24) is 14.7 Å². The van der Waals surface area contributed by atoms with E-state index >= 15 is 0 Å². The molecule has 0 N–H and O–H groups in total. The van der Waals surface area contributed by atoms with E-state index in [-0.39, 0.29) is 5.91 Å². The van der Waals surface area contributed by atoms with Crippen LogP contribution in [0.25, 0.3) is 0 Å². The molecule has 1 aromatic rings. The normalized spacial score (nSPS) is 18.1. The number of nitrogens with zero attached hydrogens (tertiary/aromatic N) is 3. The smallest absolute Gasteiger partial charge is 0.255 e. The van der Waals surface area contributed by atoms with E-state index in [1.165, 1.54) is 0 Å². The summed E-state index contributed by atoms with van der Waals surface area (Å²) in [4.78, 5) is 12.3. The molecule has 0 atom stereocenters. The Hall–Kier alpha value is -0.740. The monoisotopic (exact) mass is 261 g/mol. The second-order valence-electron chi connectivity index (χ2n) is 3.84. The molecule has 1 fully saturated rings. The highest BCUT2D eigenvalue weighted by atomic mass is 35.5. The lowest BCUT2D eigenvalue weighted by atomic mass is 10.1. The minimum Gasteiger partial charge on any atom is -0.340 e. The zero-order valence-corrected chi connectivity index (χ0v) is 10.2. The zero-order chi connectivity index (χ0) is 11.5. The summed E-state index contributed by atoms with van der Waals surface area (Å²) in [6, 6.07) is 2.29. The van der Waals surface area contributed by atoms with Crippen LogP contribution in [0.4, 0.5) is 0 Å². The summed E-state index contributed by atoms with van der Waals surface area (Å²) in [7, 11) is 0. The van der Waals surface area contributed by atoms with Crippen LogP contribution in [-0.2, 0) is 4.79 Å². The molecule has 6 heteroatoms. The Morgan fingerprint density at radius 3 is 2.56 bits per heavy atom. The van der Waals surface area contributed by atoms with Crippen LogP contribution in [-0.4, -0.2) is 38.5 Å². The Balaban J connectivity index is 1.90. The summed E-state index contributed by atoms with van der Waals surface area (Å²) in [6.45, 7) is 1.39. The molecule has 0 radical (unpaired) electrons. The predicted molar refractivity (Wildman–Crippen MR) is 62.6 cm³/mol. The molecule has 1 amide bonds. The van der Waals surface area contributed by atoms with Gasteiger partial charge in [0.05, 0.1) is 6.04 Å². The molecule has 0 aromatic carbocycles. The second-order valence-corrected chi connectivity index (χ2v) is 4.94. The minimum absolute atomic E-state index is 0.192. The van der Waals surface area contributed by atoms with Crippen molar-refractivity contribution in [1.29, 1.82) is 0 Å². The van der Waals surface area contributed by atoms with Gasteiger partial charge in [0.2, 0.25) is 0 Å². The number of carbonyl (C=O) groups excluding carboxylic acids is 1. The van der Waals surface area contributed by atoms with Crippen molar-refractivity contribution < 1.29 is 4.79 Å². The highest BCUT2D eigenvalue weighted by Gasteiger charge is 2.26. The maximum Gasteiger partial charge on any atom is 0.255 e. The van der Waals surface area contributed by atoms with Gasteiger partial charge in [0.25, 0.3) is 5.91 Å². The van der Waals surface area contributed by atoms with E-state index in [1.54, 1.807) is 11.1 Å². The number of halogens is 2. The summed E-state index contributed by atoms with van der Waals surface area (Å²) in [5.41, 5.74) is 0. The van der Waals surface area contributed by atoms with Crippen LogP contribution >= 0.6 is 23.2 Å². The molecule has 4 nitrogen and oxygen atoms in total. The van der Waals surface area contributed by atoms with Crippen LogP contribution in [0.3, 0.4) is 0 Å². The third-order valence-electron chi connectivity index (χ3n) is 2.86. The molecule has 0 saturated carbocycles. The Bertz CT molecular complexity index is 345. The SMILES string of the molecule is O=C(C(Cl)Cl)N1CCC(n2cccn2)CC1. The summed E-state index contributed by atoms with van der Waals surface area (Å²) in [5, 5.41) is 4.21. The lowest BCUT2D eigenvalue weighted by Crippen LogP contribution is -2.41. The number of carbonyl (C=O) groups is 1. The molecule has 2 rings (SSSR count). The number of hydrogen-bond donors (Lipinski definition) is 0. The van der Waals surface area contributed by atoms with Crippen LogP contribution < -0.4 is 0 Å². The van der Waals surface area contributed by atoms with Gasteiger partial charge in [-0.3, -0.25) is 9.48 Å². The standard InChI is InChI=1S/C10H13Cl2N3O/c11-9(12)10(16)14-6-2-8(3-7-14)15-5-1-4-13-15/h1,4-5,8-9H,2-3,6-7H2. The van der Waals surface area contributed by atoms with E-state index in [0.717, 1.165) is 12.8 Å². The number of hydrogen-bond acceptors (Lipinski definition) is 2. The van der Waals surface area contributed by atoms with E-state index < -0.39 is 4.84 Å². The first-order chi connectivity index (χ1) is 7.68. The molecule has 88 valence electrons. The van der Waals surface area contributed by atoms with Crippen LogP contribution in [0.15, 0.2) is 18.5 Å². The van der Waals surface area contributed by atoms with Gasteiger partial charge in [0.1, 0.15) is 0 Å². The lowest BCUT2D eigenvalue weighted by molar-refractivity contribution is -0.130. The number of aromatic nitrogens is 2. The second kappa shape index (κ2) is 5.06. The molecule has 1 aliphatic rings. The Morgan fingerprint density at radius 1 is 1.38 bits per heavy atom. The predicted octanol–water partition coefficient (Wildman–Crippen LogP) is 1.85. The van der Waals surface area contributed by atoms with E-state index in [9.17, 15) is 4.79 Å². The average molecular weight is 262 g/mol. The maximum absolute atomic E-state index is 11.5. The number of likely N-dealkylation sites (tertiary alicyclic amines) is 1. The van der Waals surface area contributed by atoms with Crippen molar-refractivity contribution in [3.63, 3.8) is 0 Å². The first-order valence-electron chi connectivity index (χ1n) is 5.24. The average Bonchev–Trinajstić information content (AvgIpc) is 2.81. The minimum atomic E-state index is -0.943. The summed E-state index contributed by atoms with van der Waals surface area (Å²) >= 11 is 11.1. The maximum atomic E-state index is 11.5. The van der Waals surface area contributed by atoms with Crippen LogP contribution in [0, 0.1) is 0 Å². The number of piperidine rings is 1. The summed E-state index contributed by atoms with van der Waals surface area (Å²) in [5.74, 6) is -0.192.